The molecular formula is C12H15N3O3S. The average molecular weight is 281 g/mol. The van der Waals surface area contributed by atoms with Crippen LogP contribution in [0.25, 0.3) is 0 Å². The summed E-state index contributed by atoms with van der Waals surface area (Å²) in [5, 5.41) is 11.8. The zero-order chi connectivity index (χ0) is 13.8. The van der Waals surface area contributed by atoms with Crippen molar-refractivity contribution < 1.29 is 14.7 Å². The summed E-state index contributed by atoms with van der Waals surface area (Å²) < 4.78 is 0. The van der Waals surface area contributed by atoms with E-state index in [0.29, 0.717) is 18.2 Å². The molecule has 2 heterocycles. The van der Waals surface area contributed by atoms with Crippen LogP contribution in [0.5, 0.6) is 0 Å². The van der Waals surface area contributed by atoms with E-state index in [4.69, 9.17) is 5.11 Å². The van der Waals surface area contributed by atoms with Crippen molar-refractivity contribution in [3.63, 3.8) is 0 Å². The number of urea groups is 1. The third-order valence-electron chi connectivity index (χ3n) is 3.01. The monoisotopic (exact) mass is 281 g/mol. The van der Waals surface area contributed by atoms with Crippen LogP contribution in [-0.2, 0) is 11.3 Å². The summed E-state index contributed by atoms with van der Waals surface area (Å²) in [7, 11) is 0. The molecule has 0 radical (unpaired) electrons. The minimum atomic E-state index is -0.960. The molecule has 2 N–H and O–H groups in total. The Labute approximate surface area is 115 Å². The lowest BCUT2D eigenvalue weighted by Crippen LogP contribution is -2.46. The van der Waals surface area contributed by atoms with Crippen LogP contribution in [0.3, 0.4) is 0 Å². The van der Waals surface area contributed by atoms with Crippen LogP contribution in [0.4, 0.5) is 4.79 Å². The molecule has 1 fully saturated rings. The molecule has 6 nitrogen and oxygen atoms in total. The first kappa shape index (κ1) is 13.7. The molecule has 1 aliphatic heterocycles. The molecule has 1 aliphatic rings. The number of carbonyl (C=O) groups excluding carboxylic acids is 1. The maximum Gasteiger partial charge on any atom is 0.327 e. The summed E-state index contributed by atoms with van der Waals surface area (Å²) in [6, 6.07) is 0.786. The fourth-order valence-electron chi connectivity index (χ4n) is 1.80. The number of hydrogen-bond donors (Lipinski definition) is 2. The molecule has 2 amide bonds. The summed E-state index contributed by atoms with van der Waals surface area (Å²) in [6.45, 7) is 2.29. The lowest BCUT2D eigenvalue weighted by molar-refractivity contribution is -0.140. The van der Waals surface area contributed by atoms with Crippen LogP contribution in [-0.4, -0.2) is 44.7 Å². The van der Waals surface area contributed by atoms with Gasteiger partial charge in [0.15, 0.2) is 0 Å². The Morgan fingerprint density at radius 3 is 3.11 bits per heavy atom. The number of carboxylic acids is 1. The number of thioether (sulfide) groups is 1. The second-order valence-corrected chi connectivity index (χ2v) is 5.28. The maximum atomic E-state index is 12.0. The standard InChI is InChI=1S/C12H15N3O3S/c1-8-2-3-13-4-9(8)5-14-12(18)15-7-19-6-10(15)11(16)17/h2-4,10H,5-7H2,1H3,(H,14,18)(H,16,17)/t10-/m0/s1. The SMILES string of the molecule is Cc1ccncc1CNC(=O)N1CSC[C@H]1C(=O)O. The van der Waals surface area contributed by atoms with Gasteiger partial charge in [-0.15, -0.1) is 11.8 Å². The van der Waals surface area contributed by atoms with E-state index in [9.17, 15) is 9.59 Å². The minimum absolute atomic E-state index is 0.347. The van der Waals surface area contributed by atoms with Gasteiger partial charge in [0, 0.05) is 24.7 Å². The third kappa shape index (κ3) is 3.17. The van der Waals surface area contributed by atoms with E-state index in [-0.39, 0.29) is 6.03 Å². The average Bonchev–Trinajstić information content (AvgIpc) is 2.87. The second-order valence-electron chi connectivity index (χ2n) is 4.28. The third-order valence-corrected chi connectivity index (χ3v) is 4.02. The lowest BCUT2D eigenvalue weighted by Gasteiger charge is -2.21. The van der Waals surface area contributed by atoms with Crippen molar-refractivity contribution in [3.05, 3.63) is 29.6 Å². The number of carbonyl (C=O) groups is 2. The zero-order valence-electron chi connectivity index (χ0n) is 10.5. The summed E-state index contributed by atoms with van der Waals surface area (Å²) in [5.41, 5.74) is 1.97. The van der Waals surface area contributed by atoms with E-state index in [2.05, 4.69) is 10.3 Å². The predicted octanol–water partition coefficient (Wildman–Crippen LogP) is 1.06. The molecule has 1 aromatic rings. The largest absolute Gasteiger partial charge is 0.480 e. The normalized spacial score (nSPS) is 18.4. The highest BCUT2D eigenvalue weighted by atomic mass is 32.2. The Bertz CT molecular complexity index is 495. The van der Waals surface area contributed by atoms with E-state index >= 15 is 0 Å². The van der Waals surface area contributed by atoms with Gasteiger partial charge in [-0.3, -0.25) is 4.98 Å². The number of carboxylic acid groups (broad SMARTS) is 1. The number of nitrogens with zero attached hydrogens (tertiary/aromatic N) is 2. The molecule has 19 heavy (non-hydrogen) atoms. The fraction of sp³-hybridized carbons (Fsp3) is 0.417. The summed E-state index contributed by atoms with van der Waals surface area (Å²) in [6.07, 6.45) is 3.39. The topological polar surface area (TPSA) is 82.5 Å². The quantitative estimate of drug-likeness (QED) is 0.865. The van der Waals surface area contributed by atoms with Crippen molar-refractivity contribution >= 4 is 23.8 Å². The Morgan fingerprint density at radius 2 is 2.42 bits per heavy atom. The van der Waals surface area contributed by atoms with Crippen molar-refractivity contribution in [2.24, 2.45) is 0 Å². The van der Waals surface area contributed by atoms with Crippen LogP contribution in [0.2, 0.25) is 0 Å². The molecule has 2 rings (SSSR count). The summed E-state index contributed by atoms with van der Waals surface area (Å²) in [4.78, 5) is 28.3. The lowest BCUT2D eigenvalue weighted by atomic mass is 10.2. The van der Waals surface area contributed by atoms with Gasteiger partial charge in [0.1, 0.15) is 6.04 Å². The number of hydrogen-bond acceptors (Lipinski definition) is 4. The predicted molar refractivity (Wildman–Crippen MR) is 71.8 cm³/mol. The van der Waals surface area contributed by atoms with Gasteiger partial charge >= 0.3 is 12.0 Å². The van der Waals surface area contributed by atoms with E-state index in [1.54, 1.807) is 12.4 Å². The van der Waals surface area contributed by atoms with Crippen molar-refractivity contribution in [2.45, 2.75) is 19.5 Å². The molecule has 1 saturated heterocycles. The smallest absolute Gasteiger partial charge is 0.327 e. The van der Waals surface area contributed by atoms with Gasteiger partial charge in [0.25, 0.3) is 0 Å². The molecule has 0 aliphatic carbocycles. The molecule has 0 unspecified atom stereocenters. The molecular weight excluding hydrogens is 266 g/mol. The Morgan fingerprint density at radius 1 is 1.63 bits per heavy atom. The van der Waals surface area contributed by atoms with Crippen LogP contribution in [0.1, 0.15) is 11.1 Å². The van der Waals surface area contributed by atoms with Gasteiger partial charge in [-0.25, -0.2) is 9.59 Å². The maximum absolute atomic E-state index is 12.0. The molecule has 1 aromatic heterocycles. The van der Waals surface area contributed by atoms with Crippen LogP contribution < -0.4 is 5.32 Å². The molecule has 0 bridgehead atoms. The minimum Gasteiger partial charge on any atom is -0.480 e. The summed E-state index contributed by atoms with van der Waals surface area (Å²) in [5.74, 6) is -0.110. The van der Waals surface area contributed by atoms with Crippen molar-refractivity contribution in [3.8, 4) is 0 Å². The van der Waals surface area contributed by atoms with Crippen molar-refractivity contribution in [2.75, 3.05) is 11.6 Å². The number of aliphatic carboxylic acids is 1. The van der Waals surface area contributed by atoms with Gasteiger partial charge in [0.2, 0.25) is 0 Å². The highest BCUT2D eigenvalue weighted by molar-refractivity contribution is 7.99. The summed E-state index contributed by atoms with van der Waals surface area (Å²) >= 11 is 1.44. The molecule has 0 aromatic carbocycles. The first-order valence-corrected chi connectivity index (χ1v) is 6.99. The molecule has 0 saturated carbocycles. The number of rotatable bonds is 3. The van der Waals surface area contributed by atoms with E-state index in [1.807, 2.05) is 13.0 Å². The number of aryl methyl sites for hydroxylation is 1. The highest BCUT2D eigenvalue weighted by Gasteiger charge is 2.34. The highest BCUT2D eigenvalue weighted by Crippen LogP contribution is 2.21. The first-order valence-electron chi connectivity index (χ1n) is 5.84. The van der Waals surface area contributed by atoms with E-state index < -0.39 is 12.0 Å². The van der Waals surface area contributed by atoms with E-state index in [0.717, 1.165) is 11.1 Å². The Kier molecular flexibility index (Phi) is 4.26. The number of nitrogens with one attached hydrogen (secondary N) is 1. The Balaban J connectivity index is 1.95. The molecule has 0 spiro atoms. The van der Waals surface area contributed by atoms with Gasteiger partial charge in [0.05, 0.1) is 5.88 Å². The first-order chi connectivity index (χ1) is 9.09. The van der Waals surface area contributed by atoms with Gasteiger partial charge < -0.3 is 15.3 Å². The van der Waals surface area contributed by atoms with Gasteiger partial charge in [-0.2, -0.15) is 0 Å². The molecule has 102 valence electrons. The van der Waals surface area contributed by atoms with Crippen molar-refractivity contribution in [1.29, 1.82) is 0 Å². The fourth-order valence-corrected chi connectivity index (χ4v) is 2.95. The molecule has 7 heteroatoms. The number of aromatic nitrogens is 1. The van der Waals surface area contributed by atoms with E-state index in [1.165, 1.54) is 16.7 Å². The van der Waals surface area contributed by atoms with Crippen LogP contribution in [0.15, 0.2) is 18.5 Å². The number of pyridine rings is 1. The van der Waals surface area contributed by atoms with Gasteiger partial charge in [-0.05, 0) is 24.1 Å². The van der Waals surface area contributed by atoms with Crippen LogP contribution in [0, 0.1) is 6.92 Å². The number of amides is 2. The Hall–Kier alpha value is -1.76. The second kappa shape index (κ2) is 5.92. The van der Waals surface area contributed by atoms with Gasteiger partial charge in [-0.1, -0.05) is 0 Å². The molecule has 1 atom stereocenters. The van der Waals surface area contributed by atoms with Crippen LogP contribution >= 0.6 is 11.8 Å². The van der Waals surface area contributed by atoms with Crippen molar-refractivity contribution in [1.82, 2.24) is 15.2 Å². The zero-order valence-corrected chi connectivity index (χ0v) is 11.3.